The first-order valence-corrected chi connectivity index (χ1v) is 13.0. The first kappa shape index (κ1) is 22.6. The quantitative estimate of drug-likeness (QED) is 0.566. The number of para-hydroxylation sites is 1. The molecule has 0 N–H and O–H groups in total. The summed E-state index contributed by atoms with van der Waals surface area (Å²) < 4.78 is 28.6. The van der Waals surface area contributed by atoms with E-state index in [0.29, 0.717) is 25.1 Å². The first-order valence-electron chi connectivity index (χ1n) is 11.6. The third-order valence-corrected chi connectivity index (χ3v) is 8.52. The standard InChI is InChI=1S/C26H28N4O3S/c1-20-17-22-5-2-3-8-25(22)30(20)34(32,33)24-7-4-6-23(18-24)26(31)29-15-13-28(14-16-29)19-21-9-11-27-12-10-21/h2-12,18,20H,13-17,19H2,1H3. The van der Waals surface area contributed by atoms with Crippen molar-refractivity contribution in [2.45, 2.75) is 30.8 Å². The van der Waals surface area contributed by atoms with E-state index in [1.54, 1.807) is 30.6 Å². The number of carbonyl (C=O) groups is 1. The minimum Gasteiger partial charge on any atom is -0.336 e. The van der Waals surface area contributed by atoms with Crippen molar-refractivity contribution in [3.63, 3.8) is 0 Å². The molecule has 1 atom stereocenters. The summed E-state index contributed by atoms with van der Waals surface area (Å²) in [6, 6.07) is 17.9. The van der Waals surface area contributed by atoms with Crippen molar-refractivity contribution in [3.8, 4) is 0 Å². The zero-order valence-electron chi connectivity index (χ0n) is 19.2. The highest BCUT2D eigenvalue weighted by molar-refractivity contribution is 7.92. The molecule has 176 valence electrons. The lowest BCUT2D eigenvalue weighted by molar-refractivity contribution is 0.0628. The summed E-state index contributed by atoms with van der Waals surface area (Å²) >= 11 is 0. The summed E-state index contributed by atoms with van der Waals surface area (Å²) in [7, 11) is -3.78. The average molecular weight is 477 g/mol. The predicted molar refractivity (Wildman–Crippen MR) is 131 cm³/mol. The SMILES string of the molecule is CC1Cc2ccccc2N1S(=O)(=O)c1cccc(C(=O)N2CCN(Cc3ccncc3)CC2)c1. The van der Waals surface area contributed by atoms with Gasteiger partial charge in [0.15, 0.2) is 0 Å². The van der Waals surface area contributed by atoms with E-state index in [2.05, 4.69) is 9.88 Å². The number of aromatic nitrogens is 1. The Balaban J connectivity index is 1.30. The Labute approximate surface area is 200 Å². The molecule has 8 heteroatoms. The van der Waals surface area contributed by atoms with Gasteiger partial charge in [0.25, 0.3) is 15.9 Å². The van der Waals surface area contributed by atoms with E-state index in [1.807, 2.05) is 48.2 Å². The van der Waals surface area contributed by atoms with Crippen molar-refractivity contribution < 1.29 is 13.2 Å². The number of piperazine rings is 1. The molecular weight excluding hydrogens is 448 g/mol. The van der Waals surface area contributed by atoms with E-state index in [-0.39, 0.29) is 16.8 Å². The molecule has 1 saturated heterocycles. The Hall–Kier alpha value is -3.23. The summed E-state index contributed by atoms with van der Waals surface area (Å²) in [4.78, 5) is 21.5. The molecule has 5 rings (SSSR count). The molecule has 3 aromatic rings. The third-order valence-electron chi connectivity index (χ3n) is 6.60. The molecule has 0 radical (unpaired) electrons. The van der Waals surface area contributed by atoms with Crippen LogP contribution in [0.25, 0.3) is 0 Å². The maximum absolute atomic E-state index is 13.6. The molecule has 0 saturated carbocycles. The molecule has 0 aliphatic carbocycles. The number of pyridine rings is 1. The van der Waals surface area contributed by atoms with Gasteiger partial charge in [0, 0.05) is 56.7 Å². The number of hydrogen-bond acceptors (Lipinski definition) is 5. The molecule has 0 spiro atoms. The van der Waals surface area contributed by atoms with Crippen LogP contribution in [0.5, 0.6) is 0 Å². The lowest BCUT2D eigenvalue weighted by Crippen LogP contribution is -2.48. The lowest BCUT2D eigenvalue weighted by atomic mass is 10.1. The molecule has 2 aromatic carbocycles. The predicted octanol–water partition coefficient (Wildman–Crippen LogP) is 3.18. The van der Waals surface area contributed by atoms with E-state index in [4.69, 9.17) is 0 Å². The highest BCUT2D eigenvalue weighted by atomic mass is 32.2. The molecule has 7 nitrogen and oxygen atoms in total. The number of amides is 1. The number of nitrogens with zero attached hydrogens (tertiary/aromatic N) is 4. The van der Waals surface area contributed by atoms with Crippen LogP contribution in [0.15, 0.2) is 78.0 Å². The zero-order valence-corrected chi connectivity index (χ0v) is 20.0. The van der Waals surface area contributed by atoms with E-state index in [0.717, 1.165) is 30.9 Å². The minimum absolute atomic E-state index is 0.129. The molecule has 34 heavy (non-hydrogen) atoms. The Morgan fingerprint density at radius 1 is 0.971 bits per heavy atom. The monoisotopic (exact) mass is 476 g/mol. The lowest BCUT2D eigenvalue weighted by Gasteiger charge is -2.35. The maximum Gasteiger partial charge on any atom is 0.264 e. The third kappa shape index (κ3) is 4.31. The number of fused-ring (bicyclic) bond motifs is 1. The summed E-state index contributed by atoms with van der Waals surface area (Å²) in [5, 5.41) is 0. The highest BCUT2D eigenvalue weighted by Gasteiger charge is 2.36. The van der Waals surface area contributed by atoms with Crippen molar-refractivity contribution in [3.05, 3.63) is 89.7 Å². The molecule has 1 amide bonds. The van der Waals surface area contributed by atoms with Crippen LogP contribution in [-0.2, 0) is 23.0 Å². The number of benzene rings is 2. The van der Waals surface area contributed by atoms with Gasteiger partial charge < -0.3 is 4.90 Å². The minimum atomic E-state index is -3.78. The fraction of sp³-hybridized carbons (Fsp3) is 0.308. The van der Waals surface area contributed by atoms with Crippen molar-refractivity contribution in [2.75, 3.05) is 30.5 Å². The number of carbonyl (C=O) groups excluding carboxylic acids is 1. The van der Waals surface area contributed by atoms with Crippen molar-refractivity contribution in [1.82, 2.24) is 14.8 Å². The van der Waals surface area contributed by atoms with Crippen molar-refractivity contribution >= 4 is 21.6 Å². The summed E-state index contributed by atoms with van der Waals surface area (Å²) in [5.74, 6) is -0.129. The summed E-state index contributed by atoms with van der Waals surface area (Å²) in [5.41, 5.74) is 3.35. The van der Waals surface area contributed by atoms with Crippen LogP contribution in [0.2, 0.25) is 0 Å². The maximum atomic E-state index is 13.6. The van der Waals surface area contributed by atoms with Gasteiger partial charge in [-0.05, 0) is 60.9 Å². The number of rotatable bonds is 5. The van der Waals surface area contributed by atoms with Crippen LogP contribution in [0.1, 0.15) is 28.4 Å². The summed E-state index contributed by atoms with van der Waals surface area (Å²) in [6.45, 7) is 5.50. The second-order valence-electron chi connectivity index (χ2n) is 8.93. The molecule has 1 fully saturated rings. The Morgan fingerprint density at radius 2 is 1.71 bits per heavy atom. The van der Waals surface area contributed by atoms with E-state index >= 15 is 0 Å². The van der Waals surface area contributed by atoms with E-state index in [1.165, 1.54) is 15.9 Å². The molecule has 1 unspecified atom stereocenters. The van der Waals surface area contributed by atoms with E-state index < -0.39 is 10.0 Å². The van der Waals surface area contributed by atoms with Crippen LogP contribution in [-0.4, -0.2) is 61.3 Å². The Morgan fingerprint density at radius 3 is 2.47 bits per heavy atom. The van der Waals surface area contributed by atoms with Crippen LogP contribution >= 0.6 is 0 Å². The first-order chi connectivity index (χ1) is 16.4. The van der Waals surface area contributed by atoms with Gasteiger partial charge in [-0.15, -0.1) is 0 Å². The number of hydrogen-bond donors (Lipinski definition) is 0. The van der Waals surface area contributed by atoms with Gasteiger partial charge in [0.2, 0.25) is 0 Å². The average Bonchev–Trinajstić information content (AvgIpc) is 3.21. The van der Waals surface area contributed by atoms with Crippen LogP contribution in [0.4, 0.5) is 5.69 Å². The normalized spacial score (nSPS) is 18.7. The van der Waals surface area contributed by atoms with Crippen molar-refractivity contribution in [2.24, 2.45) is 0 Å². The van der Waals surface area contributed by atoms with Crippen molar-refractivity contribution in [1.29, 1.82) is 0 Å². The Kier molecular flexibility index (Phi) is 6.10. The Bertz CT molecular complexity index is 1290. The van der Waals surface area contributed by atoms with Crippen LogP contribution in [0, 0.1) is 0 Å². The largest absolute Gasteiger partial charge is 0.336 e. The topological polar surface area (TPSA) is 73.8 Å². The highest BCUT2D eigenvalue weighted by Crippen LogP contribution is 2.36. The molecular formula is C26H28N4O3S. The smallest absolute Gasteiger partial charge is 0.264 e. The number of sulfonamides is 1. The zero-order chi connectivity index (χ0) is 23.7. The van der Waals surface area contributed by atoms with Gasteiger partial charge in [-0.1, -0.05) is 24.3 Å². The van der Waals surface area contributed by atoms with Gasteiger partial charge in [-0.25, -0.2) is 8.42 Å². The summed E-state index contributed by atoms with van der Waals surface area (Å²) in [6.07, 6.45) is 4.26. The fourth-order valence-corrected chi connectivity index (χ4v) is 6.58. The second-order valence-corrected chi connectivity index (χ2v) is 10.7. The number of anilines is 1. The fourth-order valence-electron chi connectivity index (χ4n) is 4.84. The molecule has 2 aliphatic rings. The molecule has 0 bridgehead atoms. The van der Waals surface area contributed by atoms with Gasteiger partial charge >= 0.3 is 0 Å². The molecule has 3 heterocycles. The van der Waals surface area contributed by atoms with Gasteiger partial charge in [-0.2, -0.15) is 0 Å². The van der Waals surface area contributed by atoms with Crippen LogP contribution < -0.4 is 4.31 Å². The van der Waals surface area contributed by atoms with E-state index in [9.17, 15) is 13.2 Å². The second kappa shape index (κ2) is 9.19. The van der Waals surface area contributed by atoms with Gasteiger partial charge in [-0.3, -0.25) is 19.0 Å². The van der Waals surface area contributed by atoms with Gasteiger partial charge in [0.1, 0.15) is 0 Å². The van der Waals surface area contributed by atoms with Crippen LogP contribution in [0.3, 0.4) is 0 Å². The van der Waals surface area contributed by atoms with Gasteiger partial charge in [0.05, 0.1) is 10.6 Å². The molecule has 2 aliphatic heterocycles. The molecule has 1 aromatic heterocycles.